The summed E-state index contributed by atoms with van der Waals surface area (Å²) in [7, 11) is 0. The molecule has 36 heavy (non-hydrogen) atoms. The number of rotatable bonds is 18. The van der Waals surface area contributed by atoms with Crippen molar-refractivity contribution in [2.45, 2.75) is 118 Å². The second-order valence-electron chi connectivity index (χ2n) is 10.3. The van der Waals surface area contributed by atoms with Crippen LogP contribution in [0.5, 0.6) is 11.5 Å². The Balaban J connectivity index is 1.90. The summed E-state index contributed by atoms with van der Waals surface area (Å²) in [4.78, 5) is 0. The first-order chi connectivity index (χ1) is 17.7. The van der Waals surface area contributed by atoms with E-state index in [9.17, 15) is 0 Å². The van der Waals surface area contributed by atoms with Crippen molar-refractivity contribution in [3.8, 4) is 11.5 Å². The van der Waals surface area contributed by atoms with Crippen molar-refractivity contribution in [2.24, 2.45) is 0 Å². The second kappa shape index (κ2) is 15.8. The van der Waals surface area contributed by atoms with E-state index in [-0.39, 0.29) is 0 Å². The van der Waals surface area contributed by atoms with Crippen LogP contribution in [0, 0.1) is 0 Å². The molecule has 0 aliphatic rings. The summed E-state index contributed by atoms with van der Waals surface area (Å²) in [6.45, 7) is 10.6. The highest BCUT2D eigenvalue weighted by Gasteiger charge is 2.18. The Hall–Kier alpha value is -2.22. The predicted octanol–water partition coefficient (Wildman–Crippen LogP) is 10.6. The van der Waals surface area contributed by atoms with Crippen LogP contribution in [0.1, 0.15) is 116 Å². The van der Waals surface area contributed by atoms with Crippen molar-refractivity contribution in [3.63, 3.8) is 0 Å². The highest BCUT2D eigenvalue weighted by molar-refractivity contribution is 6.11. The summed E-state index contributed by atoms with van der Waals surface area (Å²) in [5, 5.41) is 4.79. The predicted molar refractivity (Wildman–Crippen MR) is 158 cm³/mol. The van der Waals surface area contributed by atoms with Crippen LogP contribution in [0.15, 0.2) is 36.4 Å². The summed E-state index contributed by atoms with van der Waals surface area (Å²) in [5.41, 5.74) is 2.85. The Labute approximate surface area is 220 Å². The zero-order valence-electron chi connectivity index (χ0n) is 23.6. The van der Waals surface area contributed by atoms with Gasteiger partial charge in [0, 0.05) is 21.5 Å². The van der Waals surface area contributed by atoms with Crippen LogP contribution in [-0.2, 0) is 12.8 Å². The van der Waals surface area contributed by atoms with Gasteiger partial charge < -0.3 is 9.47 Å². The summed E-state index contributed by atoms with van der Waals surface area (Å²) >= 11 is 0. The van der Waals surface area contributed by atoms with E-state index in [4.69, 9.17) is 9.47 Å². The van der Waals surface area contributed by atoms with E-state index in [0.29, 0.717) is 0 Å². The van der Waals surface area contributed by atoms with Gasteiger partial charge in [-0.25, -0.2) is 0 Å². The molecule has 3 aromatic rings. The number of benzene rings is 3. The Morgan fingerprint density at radius 1 is 0.472 bits per heavy atom. The monoisotopic (exact) mass is 490 g/mol. The first-order valence-corrected chi connectivity index (χ1v) is 15.0. The van der Waals surface area contributed by atoms with E-state index >= 15 is 0 Å². The molecule has 2 heteroatoms. The van der Waals surface area contributed by atoms with Crippen LogP contribution >= 0.6 is 0 Å². The topological polar surface area (TPSA) is 18.5 Å². The van der Waals surface area contributed by atoms with Gasteiger partial charge in [-0.2, -0.15) is 0 Å². The van der Waals surface area contributed by atoms with Gasteiger partial charge >= 0.3 is 0 Å². The molecule has 0 radical (unpaired) electrons. The molecule has 0 fully saturated rings. The highest BCUT2D eigenvalue weighted by atomic mass is 16.5. The van der Waals surface area contributed by atoms with Crippen LogP contribution in [0.3, 0.4) is 0 Å². The SMILES string of the molecule is CCCCCCCCOc1c2ccccc2c(OCCCCCCCC)c2cc(CC)c(CC)cc12. The lowest BCUT2D eigenvalue weighted by atomic mass is 9.93. The first-order valence-electron chi connectivity index (χ1n) is 15.0. The van der Waals surface area contributed by atoms with Gasteiger partial charge in [0.1, 0.15) is 11.5 Å². The Bertz CT molecular complexity index is 968. The lowest BCUT2D eigenvalue weighted by Crippen LogP contribution is -2.03. The van der Waals surface area contributed by atoms with Crippen molar-refractivity contribution >= 4 is 21.5 Å². The van der Waals surface area contributed by atoms with Gasteiger partial charge in [-0.05, 0) is 48.9 Å². The summed E-state index contributed by atoms with van der Waals surface area (Å²) in [5.74, 6) is 2.08. The highest BCUT2D eigenvalue weighted by Crippen LogP contribution is 2.44. The summed E-state index contributed by atoms with van der Waals surface area (Å²) in [6, 6.07) is 13.4. The van der Waals surface area contributed by atoms with Gasteiger partial charge in [0.2, 0.25) is 0 Å². The summed E-state index contributed by atoms with van der Waals surface area (Å²) in [6.07, 6.45) is 17.4. The largest absolute Gasteiger partial charge is 0.492 e. The van der Waals surface area contributed by atoms with Gasteiger partial charge in [0.15, 0.2) is 0 Å². The molecule has 198 valence electrons. The fraction of sp³-hybridized carbons (Fsp3) is 0.588. The van der Waals surface area contributed by atoms with E-state index in [1.807, 2.05) is 0 Å². The van der Waals surface area contributed by atoms with Crippen molar-refractivity contribution in [1.82, 2.24) is 0 Å². The van der Waals surface area contributed by atoms with Gasteiger partial charge in [-0.1, -0.05) is 116 Å². The standard InChI is InChI=1S/C34H50O2/c1-5-9-11-13-15-19-23-35-33-29-21-17-18-22-30(29)34(36-24-20-16-14-12-10-6-2)32-26-28(8-4)27(7-3)25-31(32)33/h17-18,21-22,25-26H,5-16,19-20,23-24H2,1-4H3. The smallest absolute Gasteiger partial charge is 0.135 e. The third-order valence-corrected chi connectivity index (χ3v) is 7.50. The number of fused-ring (bicyclic) bond motifs is 2. The third-order valence-electron chi connectivity index (χ3n) is 7.50. The van der Waals surface area contributed by atoms with Crippen LogP contribution in [0.25, 0.3) is 21.5 Å². The molecule has 2 nitrogen and oxygen atoms in total. The van der Waals surface area contributed by atoms with E-state index in [1.165, 1.54) is 96.9 Å². The molecule has 0 saturated carbocycles. The second-order valence-corrected chi connectivity index (χ2v) is 10.3. The van der Waals surface area contributed by atoms with Crippen LogP contribution in [-0.4, -0.2) is 13.2 Å². The van der Waals surface area contributed by atoms with Gasteiger partial charge in [-0.15, -0.1) is 0 Å². The lowest BCUT2D eigenvalue weighted by Gasteiger charge is -2.20. The maximum absolute atomic E-state index is 6.59. The third kappa shape index (κ3) is 7.64. The molecular formula is C34H50O2. The number of hydrogen-bond acceptors (Lipinski definition) is 2. The van der Waals surface area contributed by atoms with E-state index in [1.54, 1.807) is 0 Å². The minimum atomic E-state index is 0.778. The first kappa shape index (κ1) is 28.4. The molecule has 0 aliphatic carbocycles. The number of ether oxygens (including phenoxy) is 2. The average molecular weight is 491 g/mol. The minimum absolute atomic E-state index is 0.778. The molecule has 0 aromatic heterocycles. The molecule has 0 bridgehead atoms. The molecule has 3 rings (SSSR count). The molecule has 0 atom stereocenters. The van der Waals surface area contributed by atoms with Crippen molar-refractivity contribution in [2.75, 3.05) is 13.2 Å². The quantitative estimate of drug-likeness (QED) is 0.130. The normalized spacial score (nSPS) is 11.4. The van der Waals surface area contributed by atoms with Crippen LogP contribution < -0.4 is 9.47 Å². The lowest BCUT2D eigenvalue weighted by molar-refractivity contribution is 0.306. The van der Waals surface area contributed by atoms with Crippen LogP contribution in [0.2, 0.25) is 0 Å². The van der Waals surface area contributed by atoms with Gasteiger partial charge in [0.25, 0.3) is 0 Å². The maximum atomic E-state index is 6.59. The average Bonchev–Trinajstić information content (AvgIpc) is 2.91. The van der Waals surface area contributed by atoms with Gasteiger partial charge in [-0.3, -0.25) is 0 Å². The van der Waals surface area contributed by atoms with Gasteiger partial charge in [0.05, 0.1) is 13.2 Å². The fourth-order valence-corrected chi connectivity index (χ4v) is 5.32. The minimum Gasteiger partial charge on any atom is -0.492 e. The zero-order valence-corrected chi connectivity index (χ0v) is 23.6. The van der Waals surface area contributed by atoms with E-state index < -0.39 is 0 Å². The molecule has 0 saturated heterocycles. The van der Waals surface area contributed by atoms with Crippen molar-refractivity contribution < 1.29 is 9.47 Å². The molecule has 0 N–H and O–H groups in total. The Kier molecular flexibility index (Phi) is 12.4. The number of unbranched alkanes of at least 4 members (excludes halogenated alkanes) is 10. The Morgan fingerprint density at radius 2 is 0.861 bits per heavy atom. The molecule has 0 spiro atoms. The maximum Gasteiger partial charge on any atom is 0.135 e. The van der Waals surface area contributed by atoms with E-state index in [2.05, 4.69) is 64.1 Å². The molecule has 0 aliphatic heterocycles. The fourth-order valence-electron chi connectivity index (χ4n) is 5.32. The molecule has 0 amide bonds. The molecule has 0 unspecified atom stereocenters. The summed E-state index contributed by atoms with van der Waals surface area (Å²) < 4.78 is 13.2. The molecule has 0 heterocycles. The van der Waals surface area contributed by atoms with Crippen LogP contribution in [0.4, 0.5) is 0 Å². The Morgan fingerprint density at radius 3 is 1.25 bits per heavy atom. The molecule has 3 aromatic carbocycles. The zero-order chi connectivity index (χ0) is 25.6. The molecular weight excluding hydrogens is 440 g/mol. The number of aryl methyl sites for hydroxylation is 2. The van der Waals surface area contributed by atoms with E-state index in [0.717, 1.165) is 50.4 Å². The van der Waals surface area contributed by atoms with Crippen molar-refractivity contribution in [3.05, 3.63) is 47.5 Å². The van der Waals surface area contributed by atoms with Crippen molar-refractivity contribution in [1.29, 1.82) is 0 Å². The number of hydrogen-bond donors (Lipinski definition) is 0.